The fourth-order valence-corrected chi connectivity index (χ4v) is 2.41. The van der Waals surface area contributed by atoms with Gasteiger partial charge < -0.3 is 15.4 Å². The van der Waals surface area contributed by atoms with Gasteiger partial charge >= 0.3 is 0 Å². The SMILES string of the molecule is CCc1ccc(Nc2cnnc(Nc3ccc(OC(C)C)cc3)n2)cc1. The number of nitrogens with zero attached hydrogens (tertiary/aromatic N) is 3. The molecule has 0 unspecified atom stereocenters. The van der Waals surface area contributed by atoms with E-state index in [9.17, 15) is 0 Å². The summed E-state index contributed by atoms with van der Waals surface area (Å²) in [4.78, 5) is 4.45. The second-order valence-corrected chi connectivity index (χ2v) is 6.16. The van der Waals surface area contributed by atoms with Gasteiger partial charge in [-0.2, -0.15) is 10.1 Å². The number of nitrogens with one attached hydrogen (secondary N) is 2. The van der Waals surface area contributed by atoms with Gasteiger partial charge in [0.15, 0.2) is 5.82 Å². The average molecular weight is 349 g/mol. The maximum Gasteiger partial charge on any atom is 0.249 e. The van der Waals surface area contributed by atoms with Gasteiger partial charge in [-0.25, -0.2) is 0 Å². The van der Waals surface area contributed by atoms with Crippen LogP contribution in [-0.2, 0) is 6.42 Å². The summed E-state index contributed by atoms with van der Waals surface area (Å²) in [7, 11) is 0. The zero-order chi connectivity index (χ0) is 18.4. The van der Waals surface area contributed by atoms with Crippen LogP contribution in [0.4, 0.5) is 23.1 Å². The van der Waals surface area contributed by atoms with Crippen molar-refractivity contribution in [3.63, 3.8) is 0 Å². The van der Waals surface area contributed by atoms with Crippen LogP contribution in [0.2, 0.25) is 0 Å². The third-order valence-corrected chi connectivity index (χ3v) is 3.68. The van der Waals surface area contributed by atoms with Gasteiger partial charge in [0.1, 0.15) is 5.75 Å². The highest BCUT2D eigenvalue weighted by Gasteiger charge is 2.03. The molecular formula is C20H23N5O. The van der Waals surface area contributed by atoms with Gasteiger partial charge in [0.25, 0.3) is 0 Å². The third-order valence-electron chi connectivity index (χ3n) is 3.68. The van der Waals surface area contributed by atoms with Crippen LogP contribution in [0.15, 0.2) is 54.7 Å². The maximum absolute atomic E-state index is 5.64. The van der Waals surface area contributed by atoms with Crippen molar-refractivity contribution in [1.82, 2.24) is 15.2 Å². The van der Waals surface area contributed by atoms with E-state index >= 15 is 0 Å². The minimum atomic E-state index is 0.149. The molecule has 0 fully saturated rings. The number of benzene rings is 2. The molecule has 6 nitrogen and oxygen atoms in total. The summed E-state index contributed by atoms with van der Waals surface area (Å²) in [6.07, 6.45) is 2.76. The molecule has 0 atom stereocenters. The quantitative estimate of drug-likeness (QED) is 0.644. The molecule has 3 rings (SSSR count). The Bertz CT molecular complexity index is 832. The van der Waals surface area contributed by atoms with E-state index in [1.807, 2.05) is 50.2 Å². The summed E-state index contributed by atoms with van der Waals surface area (Å²) < 4.78 is 5.64. The molecule has 1 heterocycles. The Morgan fingerprint density at radius 2 is 1.58 bits per heavy atom. The fourth-order valence-electron chi connectivity index (χ4n) is 2.41. The van der Waals surface area contributed by atoms with E-state index in [1.54, 1.807) is 6.20 Å². The van der Waals surface area contributed by atoms with Gasteiger partial charge in [0, 0.05) is 11.4 Å². The molecule has 0 aliphatic heterocycles. The summed E-state index contributed by atoms with van der Waals surface area (Å²) in [5.74, 6) is 1.89. The Morgan fingerprint density at radius 3 is 2.23 bits per heavy atom. The van der Waals surface area contributed by atoms with E-state index in [0.29, 0.717) is 11.8 Å². The number of anilines is 4. The molecule has 1 aromatic heterocycles. The molecule has 0 aliphatic carbocycles. The molecule has 134 valence electrons. The first kappa shape index (κ1) is 17.7. The zero-order valence-corrected chi connectivity index (χ0v) is 15.2. The lowest BCUT2D eigenvalue weighted by Crippen LogP contribution is -2.05. The highest BCUT2D eigenvalue weighted by molar-refractivity contribution is 5.59. The third kappa shape index (κ3) is 4.92. The van der Waals surface area contributed by atoms with Crippen molar-refractivity contribution in [2.24, 2.45) is 0 Å². The van der Waals surface area contributed by atoms with Gasteiger partial charge in [-0.05, 0) is 62.2 Å². The maximum atomic E-state index is 5.64. The van der Waals surface area contributed by atoms with Crippen LogP contribution in [0.25, 0.3) is 0 Å². The van der Waals surface area contributed by atoms with Crippen molar-refractivity contribution >= 4 is 23.1 Å². The Labute approximate surface area is 153 Å². The van der Waals surface area contributed by atoms with Crippen molar-refractivity contribution in [3.8, 4) is 5.75 Å². The van der Waals surface area contributed by atoms with Crippen LogP contribution in [0.1, 0.15) is 26.3 Å². The first-order chi connectivity index (χ1) is 12.6. The van der Waals surface area contributed by atoms with Crippen LogP contribution in [0.3, 0.4) is 0 Å². The van der Waals surface area contributed by atoms with Gasteiger partial charge in [-0.15, -0.1) is 5.10 Å². The van der Waals surface area contributed by atoms with E-state index in [4.69, 9.17) is 4.74 Å². The fraction of sp³-hybridized carbons (Fsp3) is 0.250. The predicted octanol–water partition coefficient (Wildman–Crippen LogP) is 4.71. The van der Waals surface area contributed by atoms with Gasteiger partial charge in [-0.3, -0.25) is 0 Å². The van der Waals surface area contributed by atoms with Crippen molar-refractivity contribution < 1.29 is 4.74 Å². The summed E-state index contributed by atoms with van der Waals surface area (Å²) in [6.45, 7) is 6.14. The van der Waals surface area contributed by atoms with Crippen LogP contribution >= 0.6 is 0 Å². The lowest BCUT2D eigenvalue weighted by molar-refractivity contribution is 0.242. The lowest BCUT2D eigenvalue weighted by atomic mass is 10.1. The molecule has 0 saturated carbocycles. The molecule has 3 aromatic rings. The Balaban J connectivity index is 1.66. The topological polar surface area (TPSA) is 72.0 Å². The summed E-state index contributed by atoms with van der Waals surface area (Å²) in [5.41, 5.74) is 3.12. The number of hydrogen-bond acceptors (Lipinski definition) is 6. The highest BCUT2D eigenvalue weighted by atomic mass is 16.5. The number of aromatic nitrogens is 3. The van der Waals surface area contributed by atoms with Gasteiger partial charge in [-0.1, -0.05) is 19.1 Å². The smallest absolute Gasteiger partial charge is 0.249 e. The predicted molar refractivity (Wildman–Crippen MR) is 104 cm³/mol. The van der Waals surface area contributed by atoms with Crippen LogP contribution < -0.4 is 15.4 Å². The van der Waals surface area contributed by atoms with Crippen LogP contribution in [-0.4, -0.2) is 21.3 Å². The first-order valence-corrected chi connectivity index (χ1v) is 8.72. The Morgan fingerprint density at radius 1 is 0.923 bits per heavy atom. The first-order valence-electron chi connectivity index (χ1n) is 8.72. The molecule has 0 bridgehead atoms. The van der Waals surface area contributed by atoms with Crippen molar-refractivity contribution in [2.75, 3.05) is 10.6 Å². The Hall–Kier alpha value is -3.15. The standard InChI is InChI=1S/C20H23N5O/c1-4-15-5-7-16(8-6-15)22-19-13-21-25-20(24-19)23-17-9-11-18(12-10-17)26-14(2)3/h5-14H,4H2,1-3H3,(H2,22,23,24,25). The Kier molecular flexibility index (Phi) is 5.63. The largest absolute Gasteiger partial charge is 0.491 e. The summed E-state index contributed by atoms with van der Waals surface area (Å²) in [6, 6.07) is 15.9. The highest BCUT2D eigenvalue weighted by Crippen LogP contribution is 2.20. The van der Waals surface area contributed by atoms with Crippen molar-refractivity contribution in [2.45, 2.75) is 33.3 Å². The number of hydrogen-bond donors (Lipinski definition) is 2. The molecule has 2 aromatic carbocycles. The minimum absolute atomic E-state index is 0.149. The van der Waals surface area contributed by atoms with E-state index in [0.717, 1.165) is 23.5 Å². The van der Waals surface area contributed by atoms with Gasteiger partial charge in [0.2, 0.25) is 5.95 Å². The second-order valence-electron chi connectivity index (χ2n) is 6.16. The molecule has 26 heavy (non-hydrogen) atoms. The number of aryl methyl sites for hydroxylation is 1. The lowest BCUT2D eigenvalue weighted by Gasteiger charge is -2.11. The zero-order valence-electron chi connectivity index (χ0n) is 15.2. The van der Waals surface area contributed by atoms with E-state index < -0.39 is 0 Å². The molecule has 6 heteroatoms. The number of ether oxygens (including phenoxy) is 1. The summed E-state index contributed by atoms with van der Waals surface area (Å²) in [5, 5.41) is 14.4. The molecule has 2 N–H and O–H groups in total. The molecule has 0 amide bonds. The minimum Gasteiger partial charge on any atom is -0.491 e. The molecule has 0 saturated heterocycles. The monoisotopic (exact) mass is 349 g/mol. The van der Waals surface area contributed by atoms with E-state index in [2.05, 4.69) is 44.9 Å². The molecule has 0 radical (unpaired) electrons. The van der Waals surface area contributed by atoms with E-state index in [1.165, 1.54) is 5.56 Å². The van der Waals surface area contributed by atoms with Crippen molar-refractivity contribution in [3.05, 3.63) is 60.3 Å². The van der Waals surface area contributed by atoms with Crippen LogP contribution in [0.5, 0.6) is 5.75 Å². The molecule has 0 aliphatic rings. The van der Waals surface area contributed by atoms with Crippen LogP contribution in [0, 0.1) is 0 Å². The van der Waals surface area contributed by atoms with Gasteiger partial charge in [0.05, 0.1) is 12.3 Å². The van der Waals surface area contributed by atoms with E-state index in [-0.39, 0.29) is 6.10 Å². The normalized spacial score (nSPS) is 10.6. The second kappa shape index (κ2) is 8.29. The molecule has 0 spiro atoms. The molecular weight excluding hydrogens is 326 g/mol. The average Bonchev–Trinajstić information content (AvgIpc) is 2.64. The van der Waals surface area contributed by atoms with Crippen molar-refractivity contribution in [1.29, 1.82) is 0 Å². The number of rotatable bonds is 7. The summed E-state index contributed by atoms with van der Waals surface area (Å²) >= 11 is 0.